The van der Waals surface area contributed by atoms with Gasteiger partial charge in [-0.2, -0.15) is 5.10 Å². The van der Waals surface area contributed by atoms with Crippen LogP contribution in [0.5, 0.6) is 5.75 Å². The highest BCUT2D eigenvalue weighted by molar-refractivity contribution is 6.30. The normalized spacial score (nSPS) is 22.9. The third-order valence-electron chi connectivity index (χ3n) is 5.89. The molecule has 3 aromatic rings. The number of carbonyl (C=O) groups excluding carboxylic acids is 2. The second kappa shape index (κ2) is 7.59. The van der Waals surface area contributed by atoms with Crippen LogP contribution in [0, 0.1) is 5.82 Å². The van der Waals surface area contributed by atoms with E-state index in [2.05, 4.69) is 20.7 Å². The lowest BCUT2D eigenvalue weighted by atomic mass is 9.44. The molecule has 2 amide bonds. The number of ether oxygens (including phenoxy) is 1. The second-order valence-corrected chi connectivity index (χ2v) is 8.72. The molecule has 2 aromatic carbocycles. The molecule has 3 aliphatic carbocycles. The van der Waals surface area contributed by atoms with Gasteiger partial charge in [-0.3, -0.25) is 9.59 Å². The molecule has 0 spiro atoms. The average molecular weight is 456 g/mol. The number of hydrogen-bond acceptors (Lipinski definition) is 5. The number of hydrogen-bond donors (Lipinski definition) is 2. The molecule has 1 heterocycles. The molecule has 0 saturated heterocycles. The summed E-state index contributed by atoms with van der Waals surface area (Å²) in [4.78, 5) is 29.1. The van der Waals surface area contributed by atoms with Crippen molar-refractivity contribution in [2.45, 2.75) is 30.3 Å². The molecule has 0 radical (unpaired) electrons. The van der Waals surface area contributed by atoms with Crippen LogP contribution in [0.25, 0.3) is 5.69 Å². The van der Waals surface area contributed by atoms with Gasteiger partial charge in [-0.15, -0.1) is 0 Å². The van der Waals surface area contributed by atoms with E-state index in [0.717, 1.165) is 6.07 Å². The van der Waals surface area contributed by atoms with Crippen LogP contribution in [0.3, 0.4) is 0 Å². The fourth-order valence-corrected chi connectivity index (χ4v) is 4.72. The van der Waals surface area contributed by atoms with Gasteiger partial charge in [0.1, 0.15) is 24.2 Å². The molecule has 164 valence electrons. The monoisotopic (exact) mass is 455 g/mol. The Morgan fingerprint density at radius 3 is 2.59 bits per heavy atom. The van der Waals surface area contributed by atoms with E-state index in [1.54, 1.807) is 22.9 Å². The molecule has 3 fully saturated rings. The third kappa shape index (κ3) is 3.69. The zero-order valence-electron chi connectivity index (χ0n) is 16.8. The second-order valence-electron chi connectivity index (χ2n) is 8.32. The summed E-state index contributed by atoms with van der Waals surface area (Å²) in [6.07, 6.45) is 4.91. The quantitative estimate of drug-likeness (QED) is 0.570. The lowest BCUT2D eigenvalue weighted by Gasteiger charge is -2.70. The maximum atomic E-state index is 13.5. The first kappa shape index (κ1) is 20.4. The summed E-state index contributed by atoms with van der Waals surface area (Å²) < 4.78 is 20.3. The van der Waals surface area contributed by atoms with Gasteiger partial charge in [0.05, 0.1) is 16.3 Å². The number of nitrogens with one attached hydrogen (secondary N) is 2. The Morgan fingerprint density at radius 1 is 1.12 bits per heavy atom. The molecule has 10 heteroatoms. The van der Waals surface area contributed by atoms with Crippen molar-refractivity contribution in [1.82, 2.24) is 25.4 Å². The van der Waals surface area contributed by atoms with Gasteiger partial charge >= 0.3 is 0 Å². The van der Waals surface area contributed by atoms with Crippen molar-refractivity contribution < 1.29 is 18.7 Å². The summed E-state index contributed by atoms with van der Waals surface area (Å²) >= 11 is 5.64. The number of rotatable bonds is 7. The smallest absolute Gasteiger partial charge is 0.258 e. The lowest BCUT2D eigenvalue weighted by Crippen LogP contribution is -2.84. The van der Waals surface area contributed by atoms with E-state index < -0.39 is 5.82 Å². The molecule has 2 N–H and O–H groups in total. The minimum Gasteiger partial charge on any atom is -0.484 e. The number of para-hydroxylation sites is 1. The first-order valence-corrected chi connectivity index (χ1v) is 10.4. The maximum Gasteiger partial charge on any atom is 0.258 e. The molecule has 3 saturated carbocycles. The van der Waals surface area contributed by atoms with Crippen LogP contribution in [0.4, 0.5) is 4.39 Å². The van der Waals surface area contributed by atoms with Crippen molar-refractivity contribution in [2.75, 3.05) is 6.61 Å². The highest BCUT2D eigenvalue weighted by Gasteiger charge is 2.69. The number of halogens is 2. The van der Waals surface area contributed by atoms with Crippen LogP contribution < -0.4 is 15.4 Å². The predicted octanol–water partition coefficient (Wildman–Crippen LogP) is 2.66. The zero-order valence-corrected chi connectivity index (χ0v) is 17.6. The van der Waals surface area contributed by atoms with Crippen molar-refractivity contribution in [3.63, 3.8) is 0 Å². The van der Waals surface area contributed by atoms with Crippen LogP contribution in [-0.4, -0.2) is 44.3 Å². The van der Waals surface area contributed by atoms with Crippen LogP contribution >= 0.6 is 11.6 Å². The summed E-state index contributed by atoms with van der Waals surface area (Å²) in [6.45, 7) is -0.229. The zero-order chi connectivity index (χ0) is 22.3. The van der Waals surface area contributed by atoms with E-state index in [4.69, 9.17) is 16.3 Å². The van der Waals surface area contributed by atoms with Gasteiger partial charge in [0, 0.05) is 17.1 Å². The molecule has 3 aliphatic rings. The topological polar surface area (TPSA) is 98.1 Å². The Labute approximate surface area is 187 Å². The number of carbonyl (C=O) groups is 2. The molecule has 32 heavy (non-hydrogen) atoms. The van der Waals surface area contributed by atoms with Crippen LogP contribution in [0.1, 0.15) is 29.6 Å². The summed E-state index contributed by atoms with van der Waals surface area (Å²) in [5, 5.41) is 10.2. The van der Waals surface area contributed by atoms with Gasteiger partial charge in [0.2, 0.25) is 0 Å². The Morgan fingerprint density at radius 2 is 1.88 bits per heavy atom. The van der Waals surface area contributed by atoms with Gasteiger partial charge in [-0.25, -0.2) is 14.1 Å². The van der Waals surface area contributed by atoms with Crippen LogP contribution in [0.2, 0.25) is 5.02 Å². The average Bonchev–Trinajstić information content (AvgIpc) is 3.27. The summed E-state index contributed by atoms with van der Waals surface area (Å²) in [7, 11) is 0. The van der Waals surface area contributed by atoms with Crippen LogP contribution in [0.15, 0.2) is 55.1 Å². The van der Waals surface area contributed by atoms with Crippen molar-refractivity contribution in [2.24, 2.45) is 0 Å². The van der Waals surface area contributed by atoms with Crippen molar-refractivity contribution >= 4 is 23.4 Å². The van der Waals surface area contributed by atoms with Gasteiger partial charge in [-0.05, 0) is 43.5 Å². The van der Waals surface area contributed by atoms with E-state index >= 15 is 0 Å². The first-order valence-electron chi connectivity index (χ1n) is 10.0. The highest BCUT2D eigenvalue weighted by Crippen LogP contribution is 2.60. The van der Waals surface area contributed by atoms with Crippen LogP contribution in [-0.2, 0) is 4.79 Å². The molecular weight excluding hydrogens is 437 g/mol. The number of benzene rings is 2. The molecule has 1 aromatic heterocycles. The van der Waals surface area contributed by atoms with Crippen molar-refractivity contribution in [3.8, 4) is 11.4 Å². The van der Waals surface area contributed by atoms with Gasteiger partial charge in [-0.1, -0.05) is 23.7 Å². The number of nitrogens with zero attached hydrogens (tertiary/aromatic N) is 3. The number of aromatic nitrogens is 3. The highest BCUT2D eigenvalue weighted by atomic mass is 35.5. The summed E-state index contributed by atoms with van der Waals surface area (Å²) in [5.41, 5.74) is 0.502. The summed E-state index contributed by atoms with van der Waals surface area (Å²) in [6, 6.07) is 11.2. The SMILES string of the molecule is O=C(COc1ccc(Cl)c(F)c1)NC12CC(NC(=O)c3ccccc3-n3cncn3)(C1)C2. The van der Waals surface area contributed by atoms with E-state index in [0.29, 0.717) is 30.5 Å². The molecule has 0 unspecified atom stereocenters. The molecule has 0 aliphatic heterocycles. The largest absolute Gasteiger partial charge is 0.484 e. The molecular formula is C22H19ClFN5O3. The Hall–Kier alpha value is -3.46. The fraction of sp³-hybridized carbons (Fsp3) is 0.273. The van der Waals surface area contributed by atoms with E-state index in [-0.39, 0.29) is 40.3 Å². The molecule has 8 nitrogen and oxygen atoms in total. The van der Waals surface area contributed by atoms with E-state index in [1.807, 2.05) is 6.07 Å². The summed E-state index contributed by atoms with van der Waals surface area (Å²) in [5.74, 6) is -0.859. The maximum absolute atomic E-state index is 13.5. The standard InChI is InChI=1S/C22H19ClFN5O3/c23-16-6-5-14(7-17(16)24)32-8-19(30)27-21-9-22(10-21,11-21)28-20(31)15-3-1-2-4-18(15)29-13-25-12-26-29/h1-7,12-13H,8-11H2,(H,27,30)(H,28,31). The molecule has 0 atom stereocenters. The third-order valence-corrected chi connectivity index (χ3v) is 6.20. The minimum absolute atomic E-state index is 0.00748. The Kier molecular flexibility index (Phi) is 4.85. The van der Waals surface area contributed by atoms with Gasteiger partial charge in [0.25, 0.3) is 11.8 Å². The minimum atomic E-state index is -0.605. The molecule has 2 bridgehead atoms. The Bertz CT molecular complexity index is 1180. The Balaban J connectivity index is 1.14. The van der Waals surface area contributed by atoms with E-state index in [1.165, 1.54) is 24.8 Å². The van der Waals surface area contributed by atoms with Crippen molar-refractivity contribution in [3.05, 3.63) is 71.5 Å². The first-order chi connectivity index (χ1) is 15.4. The molecule has 6 rings (SSSR count). The van der Waals surface area contributed by atoms with Crippen molar-refractivity contribution in [1.29, 1.82) is 0 Å². The van der Waals surface area contributed by atoms with Gasteiger partial charge < -0.3 is 15.4 Å². The van der Waals surface area contributed by atoms with Gasteiger partial charge in [0.15, 0.2) is 6.61 Å². The number of amides is 2. The van der Waals surface area contributed by atoms with E-state index in [9.17, 15) is 14.0 Å². The predicted molar refractivity (Wildman–Crippen MR) is 113 cm³/mol. The lowest BCUT2D eigenvalue weighted by molar-refractivity contribution is -0.141. The fourth-order valence-electron chi connectivity index (χ4n) is 4.61.